The fourth-order valence-corrected chi connectivity index (χ4v) is 5.05. The van der Waals surface area contributed by atoms with Crippen molar-refractivity contribution in [3.63, 3.8) is 0 Å². The van der Waals surface area contributed by atoms with E-state index < -0.39 is 10.0 Å². The van der Waals surface area contributed by atoms with Crippen molar-refractivity contribution in [1.29, 1.82) is 0 Å². The molecule has 6 heteroatoms. The Morgan fingerprint density at radius 1 is 1.18 bits per heavy atom. The largest absolute Gasteiger partial charge is 0.314 e. The Morgan fingerprint density at radius 2 is 1.91 bits per heavy atom. The summed E-state index contributed by atoms with van der Waals surface area (Å²) < 4.78 is 27.0. The van der Waals surface area contributed by atoms with Crippen LogP contribution in [0.3, 0.4) is 0 Å². The molecule has 1 unspecified atom stereocenters. The molecular formula is C16H25N3O2S. The van der Waals surface area contributed by atoms with Crippen molar-refractivity contribution in [2.24, 2.45) is 0 Å². The van der Waals surface area contributed by atoms with E-state index in [4.69, 9.17) is 0 Å². The highest BCUT2D eigenvalue weighted by Gasteiger charge is 2.34. The van der Waals surface area contributed by atoms with E-state index in [1.54, 1.807) is 4.31 Å². The molecule has 0 amide bonds. The molecule has 0 aliphatic carbocycles. The molecule has 5 nitrogen and oxygen atoms in total. The van der Waals surface area contributed by atoms with Gasteiger partial charge in [-0.25, -0.2) is 12.7 Å². The lowest BCUT2D eigenvalue weighted by atomic mass is 10.1. The number of nitrogens with zero attached hydrogens (tertiary/aromatic N) is 2. The van der Waals surface area contributed by atoms with E-state index in [1.165, 1.54) is 0 Å². The van der Waals surface area contributed by atoms with Gasteiger partial charge in [0, 0.05) is 45.3 Å². The number of sulfonamides is 1. The van der Waals surface area contributed by atoms with E-state index in [9.17, 15) is 8.42 Å². The average Bonchev–Trinajstić information content (AvgIpc) is 3.01. The van der Waals surface area contributed by atoms with Crippen molar-refractivity contribution < 1.29 is 8.42 Å². The molecule has 2 aliphatic rings. The van der Waals surface area contributed by atoms with Gasteiger partial charge in [-0.2, -0.15) is 0 Å². The van der Waals surface area contributed by atoms with Crippen molar-refractivity contribution in [1.82, 2.24) is 14.5 Å². The molecule has 1 atom stereocenters. The van der Waals surface area contributed by atoms with Crippen LogP contribution in [-0.4, -0.2) is 62.9 Å². The Morgan fingerprint density at radius 3 is 2.64 bits per heavy atom. The Hall–Kier alpha value is -0.950. The first-order valence-corrected chi connectivity index (χ1v) is 9.64. The zero-order valence-electron chi connectivity index (χ0n) is 13.2. The summed E-state index contributed by atoms with van der Waals surface area (Å²) in [6.07, 6.45) is 0.951. The van der Waals surface area contributed by atoms with Crippen LogP contribution in [-0.2, 0) is 15.8 Å². The van der Waals surface area contributed by atoms with Gasteiger partial charge in [-0.3, -0.25) is 4.90 Å². The second-order valence-corrected chi connectivity index (χ2v) is 8.24. The van der Waals surface area contributed by atoms with E-state index in [-0.39, 0.29) is 5.75 Å². The summed E-state index contributed by atoms with van der Waals surface area (Å²) in [6, 6.07) is 8.12. The molecule has 122 valence electrons. The van der Waals surface area contributed by atoms with Crippen LogP contribution in [0.25, 0.3) is 0 Å². The minimum Gasteiger partial charge on any atom is -0.314 e. The minimum absolute atomic E-state index is 0.119. The van der Waals surface area contributed by atoms with Crippen LogP contribution in [0.2, 0.25) is 0 Å². The summed E-state index contributed by atoms with van der Waals surface area (Å²) in [5, 5.41) is 3.35. The summed E-state index contributed by atoms with van der Waals surface area (Å²) in [7, 11) is -3.22. The number of piperazine rings is 1. The van der Waals surface area contributed by atoms with E-state index in [2.05, 4.69) is 10.2 Å². The second-order valence-electron chi connectivity index (χ2n) is 6.27. The predicted molar refractivity (Wildman–Crippen MR) is 88.2 cm³/mol. The molecule has 22 heavy (non-hydrogen) atoms. The van der Waals surface area contributed by atoms with E-state index in [0.29, 0.717) is 19.1 Å². The third-order valence-electron chi connectivity index (χ3n) is 4.79. The molecular weight excluding hydrogens is 298 g/mol. The van der Waals surface area contributed by atoms with Crippen LogP contribution < -0.4 is 5.32 Å². The Bertz CT molecular complexity index is 612. The molecule has 0 saturated carbocycles. The predicted octanol–water partition coefficient (Wildman–Crippen LogP) is 0.804. The molecule has 2 saturated heterocycles. The molecule has 1 aromatic carbocycles. The standard InChI is InChI=1S/C16H25N3O2S/c1-14-4-2-3-5-15(14)13-22(20,21)19-9-6-16(12-19)18-10-7-17-8-11-18/h2-5,16-17H,6-13H2,1H3. The Kier molecular flexibility index (Phi) is 4.82. The summed E-state index contributed by atoms with van der Waals surface area (Å²) in [4.78, 5) is 2.43. The molecule has 0 radical (unpaired) electrons. The van der Waals surface area contributed by atoms with Gasteiger partial charge in [-0.05, 0) is 24.5 Å². The lowest BCUT2D eigenvalue weighted by Gasteiger charge is -2.32. The molecule has 0 spiro atoms. The number of hydrogen-bond donors (Lipinski definition) is 1. The quantitative estimate of drug-likeness (QED) is 0.891. The van der Waals surface area contributed by atoms with Crippen LogP contribution >= 0.6 is 0 Å². The van der Waals surface area contributed by atoms with Crippen LogP contribution in [0, 0.1) is 6.92 Å². The van der Waals surface area contributed by atoms with Crippen molar-refractivity contribution in [3.8, 4) is 0 Å². The molecule has 2 aliphatic heterocycles. The second kappa shape index (κ2) is 6.66. The number of benzene rings is 1. The van der Waals surface area contributed by atoms with Gasteiger partial charge in [-0.1, -0.05) is 24.3 Å². The van der Waals surface area contributed by atoms with Gasteiger partial charge >= 0.3 is 0 Å². The molecule has 2 fully saturated rings. The van der Waals surface area contributed by atoms with E-state index in [0.717, 1.165) is 43.7 Å². The van der Waals surface area contributed by atoms with Gasteiger partial charge in [0.05, 0.1) is 5.75 Å². The average molecular weight is 323 g/mol. The summed E-state index contributed by atoms with van der Waals surface area (Å²) >= 11 is 0. The van der Waals surface area contributed by atoms with Gasteiger partial charge in [0.25, 0.3) is 0 Å². The fourth-order valence-electron chi connectivity index (χ4n) is 3.37. The zero-order valence-corrected chi connectivity index (χ0v) is 14.0. The highest BCUT2D eigenvalue weighted by molar-refractivity contribution is 7.88. The Labute approximate surface area is 133 Å². The van der Waals surface area contributed by atoms with Crippen LogP contribution in [0.15, 0.2) is 24.3 Å². The fraction of sp³-hybridized carbons (Fsp3) is 0.625. The topological polar surface area (TPSA) is 52.7 Å². The van der Waals surface area contributed by atoms with Gasteiger partial charge in [-0.15, -0.1) is 0 Å². The molecule has 1 aromatic rings. The first-order chi connectivity index (χ1) is 10.6. The highest BCUT2D eigenvalue weighted by atomic mass is 32.2. The van der Waals surface area contributed by atoms with Gasteiger partial charge in [0.1, 0.15) is 0 Å². The van der Waals surface area contributed by atoms with E-state index >= 15 is 0 Å². The lowest BCUT2D eigenvalue weighted by Crippen LogP contribution is -2.49. The Balaban J connectivity index is 1.65. The SMILES string of the molecule is Cc1ccccc1CS(=O)(=O)N1CCC(N2CCNCC2)C1. The molecule has 1 N–H and O–H groups in total. The van der Waals surface area contributed by atoms with Gasteiger partial charge in [0.2, 0.25) is 10.0 Å². The van der Waals surface area contributed by atoms with Crippen LogP contribution in [0.1, 0.15) is 17.5 Å². The maximum atomic E-state index is 12.7. The van der Waals surface area contributed by atoms with E-state index in [1.807, 2.05) is 31.2 Å². The summed E-state index contributed by atoms with van der Waals surface area (Å²) in [6.45, 7) is 7.33. The van der Waals surface area contributed by atoms with Crippen molar-refractivity contribution >= 4 is 10.0 Å². The normalized spacial score (nSPS) is 24.7. The smallest absolute Gasteiger partial charge is 0.218 e. The van der Waals surface area contributed by atoms with Crippen LogP contribution in [0.4, 0.5) is 0 Å². The lowest BCUT2D eigenvalue weighted by molar-refractivity contribution is 0.179. The van der Waals surface area contributed by atoms with Crippen molar-refractivity contribution in [2.45, 2.75) is 25.1 Å². The van der Waals surface area contributed by atoms with Gasteiger partial charge in [0.15, 0.2) is 0 Å². The third kappa shape index (κ3) is 3.51. The number of rotatable bonds is 4. The molecule has 2 heterocycles. The highest BCUT2D eigenvalue weighted by Crippen LogP contribution is 2.22. The molecule has 0 bridgehead atoms. The third-order valence-corrected chi connectivity index (χ3v) is 6.58. The van der Waals surface area contributed by atoms with Crippen LogP contribution in [0.5, 0.6) is 0 Å². The van der Waals surface area contributed by atoms with Crippen molar-refractivity contribution in [2.75, 3.05) is 39.3 Å². The summed E-state index contributed by atoms with van der Waals surface area (Å²) in [5.74, 6) is 0.119. The molecule has 0 aromatic heterocycles. The summed E-state index contributed by atoms with van der Waals surface area (Å²) in [5.41, 5.74) is 1.96. The first-order valence-electron chi connectivity index (χ1n) is 8.03. The monoisotopic (exact) mass is 323 g/mol. The van der Waals surface area contributed by atoms with Gasteiger partial charge < -0.3 is 5.32 Å². The number of hydrogen-bond acceptors (Lipinski definition) is 4. The zero-order chi connectivity index (χ0) is 15.6. The molecule has 3 rings (SSSR count). The maximum Gasteiger partial charge on any atom is 0.218 e. The maximum absolute atomic E-state index is 12.7. The van der Waals surface area contributed by atoms with Crippen molar-refractivity contribution in [3.05, 3.63) is 35.4 Å². The number of aryl methyl sites for hydroxylation is 1. The number of nitrogens with one attached hydrogen (secondary N) is 1. The first kappa shape index (κ1) is 15.9. The minimum atomic E-state index is -3.22.